The van der Waals surface area contributed by atoms with Gasteiger partial charge in [0.15, 0.2) is 5.78 Å². The van der Waals surface area contributed by atoms with Crippen LogP contribution in [0.5, 0.6) is 0 Å². The Hall–Kier alpha value is -0.990. The molecule has 0 heterocycles. The van der Waals surface area contributed by atoms with Crippen LogP contribution >= 0.6 is 31.9 Å². The zero-order chi connectivity index (χ0) is 15.6. The van der Waals surface area contributed by atoms with Crippen molar-refractivity contribution in [1.29, 1.82) is 0 Å². The van der Waals surface area contributed by atoms with Gasteiger partial charge in [0.2, 0.25) is 0 Å². The minimum Gasteiger partial charge on any atom is -0.294 e. The Morgan fingerprint density at radius 2 is 1.76 bits per heavy atom. The highest BCUT2D eigenvalue weighted by molar-refractivity contribution is 9.12. The smallest absolute Gasteiger partial charge is 0.294 e. The number of nitrogens with zero attached hydrogens (tertiary/aromatic N) is 1. The van der Waals surface area contributed by atoms with Crippen LogP contribution in [0.25, 0.3) is 0 Å². The van der Waals surface area contributed by atoms with Crippen LogP contribution in [-0.4, -0.2) is 29.6 Å². The maximum Gasteiger partial charge on any atom is 0.358 e. The quantitative estimate of drug-likeness (QED) is 0.539. The van der Waals surface area contributed by atoms with Gasteiger partial charge in [0.1, 0.15) is 4.90 Å². The maximum absolute atomic E-state index is 12.0. The summed E-state index contributed by atoms with van der Waals surface area (Å²) in [6.07, 6.45) is 1.40. The first-order valence-corrected chi connectivity index (χ1v) is 9.14. The van der Waals surface area contributed by atoms with Gasteiger partial charge in [-0.1, -0.05) is 55.2 Å². The summed E-state index contributed by atoms with van der Waals surface area (Å²) < 4.78 is 28.7. The molecule has 0 bridgehead atoms. The summed E-state index contributed by atoms with van der Waals surface area (Å²) in [5.74, 6) is -0.112. The summed E-state index contributed by atoms with van der Waals surface area (Å²) in [6, 6.07) is 7.72. The standard InChI is InChI=1S/C13H11Br2NO4S/c1-8-7-10(17)11(14)12(15)13(8)16-20-21(18,19)9-5-3-2-4-6-9/h2-7,11-12H,1H3. The van der Waals surface area contributed by atoms with E-state index in [0.717, 1.165) is 0 Å². The Kier molecular flexibility index (Phi) is 5.00. The van der Waals surface area contributed by atoms with E-state index in [2.05, 4.69) is 37.0 Å². The molecule has 2 rings (SSSR count). The number of benzene rings is 1. The van der Waals surface area contributed by atoms with Gasteiger partial charge in [-0.05, 0) is 30.7 Å². The average Bonchev–Trinajstić information content (AvgIpc) is 2.45. The molecule has 112 valence electrons. The molecule has 2 unspecified atom stereocenters. The minimum absolute atomic E-state index is 0.0179. The summed E-state index contributed by atoms with van der Waals surface area (Å²) in [5.41, 5.74) is 0.914. The number of hydrogen-bond donors (Lipinski definition) is 0. The molecule has 0 saturated carbocycles. The third kappa shape index (κ3) is 3.61. The highest BCUT2D eigenvalue weighted by Gasteiger charge is 2.33. The molecule has 8 heteroatoms. The van der Waals surface area contributed by atoms with E-state index in [9.17, 15) is 13.2 Å². The Balaban J connectivity index is 2.29. The van der Waals surface area contributed by atoms with Crippen LogP contribution in [0.4, 0.5) is 0 Å². The van der Waals surface area contributed by atoms with Crippen LogP contribution in [0.2, 0.25) is 0 Å². The molecule has 0 fully saturated rings. The fourth-order valence-corrected chi connectivity index (χ4v) is 3.55. The Bertz CT molecular complexity index is 713. The van der Waals surface area contributed by atoms with E-state index in [1.807, 2.05) is 0 Å². The van der Waals surface area contributed by atoms with Gasteiger partial charge in [-0.2, -0.15) is 8.42 Å². The predicted molar refractivity (Wildman–Crippen MR) is 86.3 cm³/mol. The van der Waals surface area contributed by atoms with Crippen LogP contribution in [0, 0.1) is 0 Å². The number of hydrogen-bond acceptors (Lipinski definition) is 5. The number of ketones is 1. The van der Waals surface area contributed by atoms with Crippen molar-refractivity contribution in [3.63, 3.8) is 0 Å². The third-order valence-electron chi connectivity index (χ3n) is 2.82. The fourth-order valence-electron chi connectivity index (χ4n) is 1.71. The van der Waals surface area contributed by atoms with E-state index < -0.39 is 19.8 Å². The molecule has 21 heavy (non-hydrogen) atoms. The molecular formula is C13H11Br2NO4S. The van der Waals surface area contributed by atoms with Gasteiger partial charge < -0.3 is 0 Å². The molecule has 0 aliphatic heterocycles. The topological polar surface area (TPSA) is 72.8 Å². The van der Waals surface area contributed by atoms with E-state index >= 15 is 0 Å². The fraction of sp³-hybridized carbons (Fsp3) is 0.231. The molecule has 0 radical (unpaired) electrons. The van der Waals surface area contributed by atoms with Gasteiger partial charge in [-0.25, -0.2) is 0 Å². The van der Waals surface area contributed by atoms with Gasteiger partial charge in [0.25, 0.3) is 0 Å². The summed E-state index contributed by atoms with van der Waals surface area (Å²) in [6.45, 7) is 1.67. The van der Waals surface area contributed by atoms with Crippen LogP contribution in [0.3, 0.4) is 0 Å². The summed E-state index contributed by atoms with van der Waals surface area (Å²) in [5, 5.41) is 3.71. The zero-order valence-corrected chi connectivity index (χ0v) is 14.9. The van der Waals surface area contributed by atoms with Crippen molar-refractivity contribution >= 4 is 53.5 Å². The van der Waals surface area contributed by atoms with Crippen molar-refractivity contribution in [1.82, 2.24) is 0 Å². The van der Waals surface area contributed by atoms with Gasteiger partial charge in [0, 0.05) is 0 Å². The summed E-state index contributed by atoms with van der Waals surface area (Å²) in [4.78, 5) is 10.7. The number of oxime groups is 1. The molecule has 0 aromatic heterocycles. The van der Waals surface area contributed by atoms with Crippen LogP contribution in [0.15, 0.2) is 52.0 Å². The number of halogens is 2. The van der Waals surface area contributed by atoms with E-state index in [-0.39, 0.29) is 10.7 Å². The lowest BCUT2D eigenvalue weighted by atomic mass is 9.97. The second kappa shape index (κ2) is 6.41. The van der Waals surface area contributed by atoms with Crippen molar-refractivity contribution in [3.8, 4) is 0 Å². The second-order valence-electron chi connectivity index (χ2n) is 4.35. The first kappa shape index (κ1) is 16.4. The molecule has 0 N–H and O–H groups in total. The Morgan fingerprint density at radius 3 is 2.38 bits per heavy atom. The van der Waals surface area contributed by atoms with Gasteiger partial charge >= 0.3 is 10.1 Å². The largest absolute Gasteiger partial charge is 0.358 e. The molecule has 1 aliphatic carbocycles. The maximum atomic E-state index is 12.0. The molecule has 0 amide bonds. The van der Waals surface area contributed by atoms with Crippen LogP contribution < -0.4 is 0 Å². The Labute approximate surface area is 139 Å². The lowest BCUT2D eigenvalue weighted by Crippen LogP contribution is -2.35. The van der Waals surface area contributed by atoms with Crippen molar-refractivity contribution < 1.29 is 17.5 Å². The first-order valence-electron chi connectivity index (χ1n) is 5.90. The average molecular weight is 437 g/mol. The lowest BCUT2D eigenvalue weighted by Gasteiger charge is -2.21. The predicted octanol–water partition coefficient (Wildman–Crippen LogP) is 2.80. The number of carbonyl (C=O) groups is 1. The normalized spacial score (nSPS) is 24.8. The molecule has 2 atom stereocenters. The molecule has 0 spiro atoms. The first-order chi connectivity index (χ1) is 9.83. The van der Waals surface area contributed by atoms with Crippen LogP contribution in [0.1, 0.15) is 6.92 Å². The van der Waals surface area contributed by atoms with Crippen LogP contribution in [-0.2, 0) is 19.2 Å². The monoisotopic (exact) mass is 435 g/mol. The SMILES string of the molecule is CC1=CC(=O)C(Br)C(Br)C1=NOS(=O)(=O)c1ccccc1. The van der Waals surface area contributed by atoms with Gasteiger partial charge in [-0.15, -0.1) is 0 Å². The minimum atomic E-state index is -3.97. The van der Waals surface area contributed by atoms with Crippen molar-refractivity contribution in [2.24, 2.45) is 5.16 Å². The summed E-state index contributed by atoms with van der Waals surface area (Å²) in [7, 11) is -3.97. The molecule has 1 aromatic carbocycles. The molecule has 5 nitrogen and oxygen atoms in total. The lowest BCUT2D eigenvalue weighted by molar-refractivity contribution is -0.113. The second-order valence-corrected chi connectivity index (χ2v) is 7.85. The molecule has 1 aromatic rings. The van der Waals surface area contributed by atoms with Crippen molar-refractivity contribution in [2.45, 2.75) is 21.5 Å². The zero-order valence-electron chi connectivity index (χ0n) is 10.9. The van der Waals surface area contributed by atoms with E-state index in [0.29, 0.717) is 11.3 Å². The number of allylic oxidation sites excluding steroid dienone is 2. The van der Waals surface area contributed by atoms with Gasteiger partial charge in [-0.3, -0.25) is 9.08 Å². The summed E-state index contributed by atoms with van der Waals surface area (Å²) >= 11 is 6.54. The molecule has 1 aliphatic rings. The molecular weight excluding hydrogens is 426 g/mol. The molecule has 0 saturated heterocycles. The van der Waals surface area contributed by atoms with E-state index in [1.165, 1.54) is 18.2 Å². The number of rotatable bonds is 3. The van der Waals surface area contributed by atoms with Crippen molar-refractivity contribution in [3.05, 3.63) is 42.0 Å². The third-order valence-corrected chi connectivity index (χ3v) is 6.59. The van der Waals surface area contributed by atoms with E-state index in [4.69, 9.17) is 4.28 Å². The highest BCUT2D eigenvalue weighted by Crippen LogP contribution is 2.26. The van der Waals surface area contributed by atoms with Gasteiger partial charge in [0.05, 0.1) is 15.4 Å². The Morgan fingerprint density at radius 1 is 1.14 bits per heavy atom. The number of carbonyl (C=O) groups excluding carboxylic acids is 1. The van der Waals surface area contributed by atoms with Crippen molar-refractivity contribution in [2.75, 3.05) is 0 Å². The highest BCUT2D eigenvalue weighted by atomic mass is 79.9. The van der Waals surface area contributed by atoms with E-state index in [1.54, 1.807) is 25.1 Å². The number of alkyl halides is 2.